The molecule has 6 heteroatoms. The van der Waals surface area contributed by atoms with Crippen molar-refractivity contribution in [2.75, 3.05) is 18.8 Å². The third kappa shape index (κ3) is 4.28. The van der Waals surface area contributed by atoms with Crippen LogP contribution in [-0.4, -0.2) is 41.0 Å². The molecule has 2 aromatic rings. The first-order valence-corrected chi connectivity index (χ1v) is 10.4. The molecule has 28 heavy (non-hydrogen) atoms. The molecule has 0 bridgehead atoms. The fourth-order valence-electron chi connectivity index (χ4n) is 4.52. The molecule has 2 aromatic carbocycles. The van der Waals surface area contributed by atoms with Crippen molar-refractivity contribution in [3.8, 4) is 0 Å². The fourth-order valence-corrected chi connectivity index (χ4v) is 4.78. The summed E-state index contributed by atoms with van der Waals surface area (Å²) in [5, 5.41) is 10.7. The second-order valence-electron chi connectivity index (χ2n) is 7.71. The lowest BCUT2D eigenvalue weighted by molar-refractivity contribution is 0.0241. The zero-order valence-corrected chi connectivity index (χ0v) is 18.1. The van der Waals surface area contributed by atoms with Crippen LogP contribution in [-0.2, 0) is 12.8 Å². The Hall–Kier alpha value is -1.40. The molecule has 150 valence electrons. The van der Waals surface area contributed by atoms with E-state index in [4.69, 9.17) is 5.73 Å². The van der Waals surface area contributed by atoms with Crippen molar-refractivity contribution in [2.24, 2.45) is 5.92 Å². The summed E-state index contributed by atoms with van der Waals surface area (Å²) in [5.74, 6) is 0.307. The van der Waals surface area contributed by atoms with Crippen molar-refractivity contribution in [1.82, 2.24) is 4.90 Å². The van der Waals surface area contributed by atoms with E-state index in [0.29, 0.717) is 6.42 Å². The first-order chi connectivity index (χ1) is 13.0. The maximum absolute atomic E-state index is 12.8. The number of nitrogens with two attached hydrogens (primary N) is 1. The Morgan fingerprint density at radius 2 is 1.75 bits per heavy atom. The monoisotopic (exact) mass is 464 g/mol. The van der Waals surface area contributed by atoms with Crippen molar-refractivity contribution in [2.45, 2.75) is 37.8 Å². The van der Waals surface area contributed by atoms with E-state index in [1.165, 1.54) is 11.1 Å². The van der Waals surface area contributed by atoms with Gasteiger partial charge in [-0.05, 0) is 61.7 Å². The van der Waals surface area contributed by atoms with Gasteiger partial charge in [0.15, 0.2) is 5.78 Å². The largest absolute Gasteiger partial charge is 0.398 e. The molecule has 0 amide bonds. The summed E-state index contributed by atoms with van der Waals surface area (Å²) in [7, 11) is 0. The fraction of sp³-hybridized carbons (Fsp3) is 0.409. The number of aliphatic hydroxyl groups excluding tert-OH is 1. The standard InChI is InChI=1S/C22H25BrN2O2.ClH/c23-17-6-4-14(5-7-17)22(27)15-8-10-25(11-9-15)20-13-18-16(12-21(20)26)2-1-3-19(18)24;/h1-7,15,20-21,26H,8-13,24H2;1H/t20-,21-;/m1./s1. The topological polar surface area (TPSA) is 66.6 Å². The van der Waals surface area contributed by atoms with Crippen molar-refractivity contribution in [3.63, 3.8) is 0 Å². The van der Waals surface area contributed by atoms with E-state index < -0.39 is 0 Å². The molecule has 0 saturated carbocycles. The number of fused-ring (bicyclic) bond motifs is 1. The Bertz CT molecular complexity index is 835. The van der Waals surface area contributed by atoms with Crippen molar-refractivity contribution in [1.29, 1.82) is 0 Å². The van der Waals surface area contributed by atoms with Crippen LogP contribution < -0.4 is 5.73 Å². The number of halogens is 2. The highest BCUT2D eigenvalue weighted by Gasteiger charge is 2.35. The minimum atomic E-state index is -0.377. The second-order valence-corrected chi connectivity index (χ2v) is 8.62. The molecule has 1 heterocycles. The van der Waals surface area contributed by atoms with E-state index in [1.54, 1.807) is 0 Å². The quantitative estimate of drug-likeness (QED) is 0.533. The number of Topliss-reactive ketones (excluding diaryl/α,β-unsaturated/α-hetero) is 1. The number of hydrogen-bond donors (Lipinski definition) is 2. The molecule has 0 radical (unpaired) electrons. The molecule has 3 N–H and O–H groups in total. The van der Waals surface area contributed by atoms with E-state index in [-0.39, 0.29) is 36.3 Å². The summed E-state index contributed by atoms with van der Waals surface area (Å²) in [6, 6.07) is 13.7. The number of anilines is 1. The zero-order valence-electron chi connectivity index (χ0n) is 15.7. The Balaban J connectivity index is 0.00000225. The molecule has 1 aliphatic carbocycles. The van der Waals surface area contributed by atoms with Crippen LogP contribution in [0.5, 0.6) is 0 Å². The molecule has 0 spiro atoms. The van der Waals surface area contributed by atoms with Gasteiger partial charge in [-0.1, -0.05) is 40.2 Å². The van der Waals surface area contributed by atoms with Gasteiger partial charge in [-0.25, -0.2) is 0 Å². The number of nitrogen functional groups attached to an aromatic ring is 1. The molecule has 0 aromatic heterocycles. The normalized spacial score (nSPS) is 22.9. The van der Waals surface area contributed by atoms with Crippen LogP contribution in [0.4, 0.5) is 5.69 Å². The average molecular weight is 466 g/mol. The van der Waals surface area contributed by atoms with Crippen molar-refractivity contribution >= 4 is 39.8 Å². The third-order valence-electron chi connectivity index (χ3n) is 6.09. The molecule has 2 aliphatic rings. The number of piperidine rings is 1. The van der Waals surface area contributed by atoms with Gasteiger partial charge in [-0.2, -0.15) is 0 Å². The summed E-state index contributed by atoms with van der Waals surface area (Å²) >= 11 is 3.41. The number of benzene rings is 2. The van der Waals surface area contributed by atoms with Crippen molar-refractivity contribution in [3.05, 3.63) is 63.6 Å². The van der Waals surface area contributed by atoms with E-state index in [0.717, 1.165) is 48.1 Å². The highest BCUT2D eigenvalue weighted by atomic mass is 79.9. The second kappa shape index (κ2) is 8.95. The van der Waals surface area contributed by atoms with Gasteiger partial charge in [0.05, 0.1) is 6.10 Å². The van der Waals surface area contributed by atoms with Gasteiger partial charge in [0, 0.05) is 34.1 Å². The van der Waals surface area contributed by atoms with Crippen LogP contribution in [0.15, 0.2) is 46.9 Å². The molecule has 1 fully saturated rings. The number of hydrogen-bond acceptors (Lipinski definition) is 4. The number of carbonyl (C=O) groups excluding carboxylic acids is 1. The number of ketones is 1. The van der Waals surface area contributed by atoms with Crippen LogP contribution in [0.3, 0.4) is 0 Å². The highest BCUT2D eigenvalue weighted by Crippen LogP contribution is 2.32. The van der Waals surface area contributed by atoms with Gasteiger partial charge < -0.3 is 10.8 Å². The predicted octanol–water partition coefficient (Wildman–Crippen LogP) is 3.88. The third-order valence-corrected chi connectivity index (χ3v) is 6.62. The first-order valence-electron chi connectivity index (χ1n) is 9.61. The van der Waals surface area contributed by atoms with Crippen LogP contribution in [0.1, 0.15) is 34.3 Å². The highest BCUT2D eigenvalue weighted by molar-refractivity contribution is 9.10. The Morgan fingerprint density at radius 3 is 2.43 bits per heavy atom. The van der Waals surface area contributed by atoms with Gasteiger partial charge >= 0.3 is 0 Å². The molecular formula is C22H26BrClN2O2. The van der Waals surface area contributed by atoms with Gasteiger partial charge in [0.2, 0.25) is 0 Å². The maximum atomic E-state index is 12.8. The number of carbonyl (C=O) groups is 1. The first kappa shape index (κ1) is 21.3. The molecule has 4 nitrogen and oxygen atoms in total. The molecule has 1 saturated heterocycles. The van der Waals surface area contributed by atoms with Gasteiger partial charge in [0.25, 0.3) is 0 Å². The molecule has 2 atom stereocenters. The summed E-state index contributed by atoms with van der Waals surface area (Å²) in [5.41, 5.74) is 10.1. The van der Waals surface area contributed by atoms with E-state index in [1.807, 2.05) is 36.4 Å². The molecule has 1 aliphatic heterocycles. The molecule has 4 rings (SSSR count). The summed E-state index contributed by atoms with van der Waals surface area (Å²) in [6.07, 6.45) is 2.75. The van der Waals surface area contributed by atoms with Gasteiger partial charge in [-0.15, -0.1) is 12.4 Å². The number of aliphatic hydroxyl groups is 1. The van der Waals surface area contributed by atoms with Gasteiger partial charge in [-0.3, -0.25) is 9.69 Å². The lowest BCUT2D eigenvalue weighted by Gasteiger charge is -2.42. The van der Waals surface area contributed by atoms with Crippen LogP contribution in [0, 0.1) is 5.92 Å². The maximum Gasteiger partial charge on any atom is 0.166 e. The van der Waals surface area contributed by atoms with Crippen LogP contribution in [0.25, 0.3) is 0 Å². The number of likely N-dealkylation sites (tertiary alicyclic amines) is 1. The Morgan fingerprint density at radius 1 is 1.07 bits per heavy atom. The minimum absolute atomic E-state index is 0. The van der Waals surface area contributed by atoms with Crippen LogP contribution in [0.2, 0.25) is 0 Å². The minimum Gasteiger partial charge on any atom is -0.398 e. The van der Waals surface area contributed by atoms with E-state index in [9.17, 15) is 9.90 Å². The molecule has 0 unspecified atom stereocenters. The average Bonchev–Trinajstić information content (AvgIpc) is 2.68. The van der Waals surface area contributed by atoms with Gasteiger partial charge in [0.1, 0.15) is 0 Å². The molecular weight excluding hydrogens is 440 g/mol. The lowest BCUT2D eigenvalue weighted by Crippen LogP contribution is -2.51. The van der Waals surface area contributed by atoms with E-state index in [2.05, 4.69) is 26.9 Å². The summed E-state index contributed by atoms with van der Waals surface area (Å²) < 4.78 is 0.986. The van der Waals surface area contributed by atoms with Crippen molar-refractivity contribution < 1.29 is 9.90 Å². The number of rotatable bonds is 3. The summed E-state index contributed by atoms with van der Waals surface area (Å²) in [6.45, 7) is 1.69. The smallest absolute Gasteiger partial charge is 0.166 e. The number of nitrogens with zero attached hydrogens (tertiary/aromatic N) is 1. The Labute approximate surface area is 180 Å². The SMILES string of the molecule is Cl.Nc1cccc2c1C[C@@H](N1CCC(C(=O)c3ccc(Br)cc3)CC1)[C@H](O)C2. The lowest BCUT2D eigenvalue weighted by atomic mass is 9.82. The zero-order chi connectivity index (χ0) is 19.0. The van der Waals surface area contributed by atoms with E-state index >= 15 is 0 Å². The predicted molar refractivity (Wildman–Crippen MR) is 118 cm³/mol. The summed E-state index contributed by atoms with van der Waals surface area (Å²) in [4.78, 5) is 15.1. The Kier molecular flexibility index (Phi) is 6.81. The van der Waals surface area contributed by atoms with Crippen LogP contribution >= 0.6 is 28.3 Å².